The van der Waals surface area contributed by atoms with E-state index >= 15 is 0 Å². The Kier molecular flexibility index (Phi) is 13.7. The van der Waals surface area contributed by atoms with Crippen LogP contribution in [0.5, 0.6) is 0 Å². The van der Waals surface area contributed by atoms with Gasteiger partial charge in [-0.05, 0) is 0 Å². The van der Waals surface area contributed by atoms with Crippen LogP contribution in [0.3, 0.4) is 0 Å². The second kappa shape index (κ2) is 13.2. The van der Waals surface area contributed by atoms with Gasteiger partial charge >= 0.3 is 135 Å². The SMILES string of the molecule is CCCCC(CC)CO[PH](O)(P)OCC(CC)CCCC. The molecule has 21 heavy (non-hydrogen) atoms. The third-order valence-electron chi connectivity index (χ3n) is 4.14. The minimum atomic E-state index is -3.02. The average Bonchev–Trinajstić information content (AvgIpc) is 2.47. The van der Waals surface area contributed by atoms with Crippen molar-refractivity contribution in [3.05, 3.63) is 0 Å². The van der Waals surface area contributed by atoms with Crippen LogP contribution in [0.1, 0.15) is 79.1 Å². The summed E-state index contributed by atoms with van der Waals surface area (Å²) < 4.78 is 11.4. The second-order valence-corrected chi connectivity index (χ2v) is 10.1. The molecule has 0 aromatic heterocycles. The van der Waals surface area contributed by atoms with Crippen molar-refractivity contribution in [2.75, 3.05) is 13.2 Å². The molecule has 0 aromatic carbocycles. The summed E-state index contributed by atoms with van der Waals surface area (Å²) in [6.07, 6.45) is 9.44. The number of unbranched alkanes of at least 4 members (excludes halogenated alkanes) is 2. The van der Waals surface area contributed by atoms with Gasteiger partial charge in [-0.15, -0.1) is 0 Å². The van der Waals surface area contributed by atoms with Gasteiger partial charge in [0.15, 0.2) is 0 Å². The molecule has 0 heterocycles. The standard InChI is InChI=1S/C16H38O3P2/c1-5-9-11-15(7-3)13-18-21(17,20)19-14-16(8-4)12-10-6-2/h15-17,21H,5-14,20H2,1-4H3. The molecule has 0 rings (SSSR count). The van der Waals surface area contributed by atoms with Gasteiger partial charge in [-0.3, -0.25) is 0 Å². The molecule has 1 N–H and O–H groups in total. The van der Waals surface area contributed by atoms with Crippen molar-refractivity contribution in [2.45, 2.75) is 79.1 Å². The van der Waals surface area contributed by atoms with E-state index in [4.69, 9.17) is 9.05 Å². The first-order valence-electron chi connectivity index (χ1n) is 8.78. The van der Waals surface area contributed by atoms with Gasteiger partial charge in [-0.1, -0.05) is 0 Å². The molecule has 3 nitrogen and oxygen atoms in total. The Bertz CT molecular complexity index is 216. The van der Waals surface area contributed by atoms with Gasteiger partial charge in [-0.2, -0.15) is 0 Å². The van der Waals surface area contributed by atoms with Crippen molar-refractivity contribution >= 4 is 16.6 Å². The van der Waals surface area contributed by atoms with Crippen molar-refractivity contribution < 1.29 is 13.9 Å². The van der Waals surface area contributed by atoms with Gasteiger partial charge < -0.3 is 0 Å². The molecule has 0 bridgehead atoms. The van der Waals surface area contributed by atoms with Gasteiger partial charge in [-0.25, -0.2) is 0 Å². The molecule has 0 saturated heterocycles. The fourth-order valence-corrected chi connectivity index (χ4v) is 3.92. The zero-order chi connectivity index (χ0) is 16.1. The van der Waals surface area contributed by atoms with E-state index in [1.54, 1.807) is 0 Å². The number of hydrogen-bond donors (Lipinski definition) is 1. The van der Waals surface area contributed by atoms with Crippen LogP contribution in [0.4, 0.5) is 0 Å². The first kappa shape index (κ1) is 21.7. The first-order valence-corrected chi connectivity index (χ1v) is 12.3. The number of hydrogen-bond acceptors (Lipinski definition) is 3. The van der Waals surface area contributed by atoms with E-state index in [2.05, 4.69) is 36.6 Å². The van der Waals surface area contributed by atoms with Crippen LogP contribution in [-0.4, -0.2) is 18.1 Å². The van der Waals surface area contributed by atoms with Crippen molar-refractivity contribution in [1.29, 1.82) is 0 Å². The predicted molar refractivity (Wildman–Crippen MR) is 98.8 cm³/mol. The van der Waals surface area contributed by atoms with Crippen LogP contribution in [0.15, 0.2) is 0 Å². The van der Waals surface area contributed by atoms with Crippen LogP contribution in [0.25, 0.3) is 0 Å². The topological polar surface area (TPSA) is 38.7 Å². The normalized spacial score (nSPS) is 15.9. The van der Waals surface area contributed by atoms with E-state index < -0.39 is 7.63 Å². The van der Waals surface area contributed by atoms with Crippen LogP contribution < -0.4 is 0 Å². The third kappa shape index (κ3) is 11.9. The fraction of sp³-hybridized carbons (Fsp3) is 1.00. The summed E-state index contributed by atoms with van der Waals surface area (Å²) in [6, 6.07) is 0. The molecule has 3 atom stereocenters. The summed E-state index contributed by atoms with van der Waals surface area (Å²) in [4.78, 5) is 10.3. The molecule has 0 aliphatic carbocycles. The first-order chi connectivity index (χ1) is 9.99. The second-order valence-electron chi connectivity index (χ2n) is 6.09. The zero-order valence-corrected chi connectivity index (χ0v) is 16.7. The van der Waals surface area contributed by atoms with E-state index in [9.17, 15) is 4.89 Å². The molecule has 3 unspecified atom stereocenters. The van der Waals surface area contributed by atoms with Gasteiger partial charge in [0.2, 0.25) is 0 Å². The Hall–Kier alpha value is 0.740. The summed E-state index contributed by atoms with van der Waals surface area (Å²) in [5, 5.41) is 0. The average molecular weight is 340 g/mol. The Morgan fingerprint density at radius 1 is 0.857 bits per heavy atom. The Labute approximate surface area is 135 Å². The van der Waals surface area contributed by atoms with Crippen LogP contribution in [0, 0.1) is 11.8 Å². The van der Waals surface area contributed by atoms with Gasteiger partial charge in [0, 0.05) is 0 Å². The monoisotopic (exact) mass is 340 g/mol. The van der Waals surface area contributed by atoms with Crippen molar-refractivity contribution in [1.82, 2.24) is 0 Å². The Morgan fingerprint density at radius 3 is 1.52 bits per heavy atom. The van der Waals surface area contributed by atoms with Gasteiger partial charge in [0.05, 0.1) is 0 Å². The van der Waals surface area contributed by atoms with Crippen LogP contribution >= 0.6 is 16.6 Å². The number of rotatable bonds is 14. The summed E-state index contributed by atoms with van der Waals surface area (Å²) in [6.45, 7) is 10.0. The summed E-state index contributed by atoms with van der Waals surface area (Å²) in [5.74, 6) is 1.07. The molecule has 0 saturated carbocycles. The molecule has 0 spiro atoms. The van der Waals surface area contributed by atoms with E-state index in [0.29, 0.717) is 25.0 Å². The molecule has 0 aliphatic rings. The zero-order valence-electron chi connectivity index (χ0n) is 14.6. The summed E-state index contributed by atoms with van der Waals surface area (Å²) in [7, 11) is -0.588. The van der Waals surface area contributed by atoms with Crippen LogP contribution in [0.2, 0.25) is 0 Å². The molecule has 130 valence electrons. The maximum absolute atomic E-state index is 10.3. The van der Waals surface area contributed by atoms with Crippen molar-refractivity contribution in [2.24, 2.45) is 11.8 Å². The molecule has 0 fully saturated rings. The molecular weight excluding hydrogens is 302 g/mol. The van der Waals surface area contributed by atoms with E-state index in [0.717, 1.165) is 12.8 Å². The Balaban J connectivity index is 4.04. The molecule has 5 heteroatoms. The molecule has 0 amide bonds. The molecular formula is C16H38O3P2. The third-order valence-corrected chi connectivity index (χ3v) is 6.30. The minimum absolute atomic E-state index is 0.537. The molecule has 0 radical (unpaired) electrons. The maximum atomic E-state index is 10.3. The van der Waals surface area contributed by atoms with Crippen LogP contribution in [-0.2, 0) is 9.05 Å². The summed E-state index contributed by atoms with van der Waals surface area (Å²) >= 11 is 0. The Morgan fingerprint density at radius 2 is 1.24 bits per heavy atom. The van der Waals surface area contributed by atoms with Crippen molar-refractivity contribution in [3.63, 3.8) is 0 Å². The quantitative estimate of drug-likeness (QED) is 0.410. The molecule has 0 aromatic rings. The van der Waals surface area contributed by atoms with Crippen molar-refractivity contribution in [3.8, 4) is 0 Å². The predicted octanol–water partition coefficient (Wildman–Crippen LogP) is 5.73. The van der Waals surface area contributed by atoms with E-state index in [1.807, 2.05) is 0 Å². The molecule has 0 aliphatic heterocycles. The van der Waals surface area contributed by atoms with Gasteiger partial charge in [0.25, 0.3) is 0 Å². The van der Waals surface area contributed by atoms with E-state index in [-0.39, 0.29) is 0 Å². The fourth-order valence-electron chi connectivity index (χ4n) is 2.31. The van der Waals surface area contributed by atoms with E-state index in [1.165, 1.54) is 38.5 Å². The summed E-state index contributed by atoms with van der Waals surface area (Å²) in [5.41, 5.74) is 0. The van der Waals surface area contributed by atoms with Gasteiger partial charge in [0.1, 0.15) is 0 Å².